The largest absolute Gasteiger partial charge is 0.507 e. The molecule has 3 N–H and O–H groups in total. The molecular formula is C30H33ClN2O8. The average molecular weight is 585 g/mol. The molecule has 3 heterocycles. The summed E-state index contributed by atoms with van der Waals surface area (Å²) in [6, 6.07) is 9.28. The molecule has 3 aromatic rings. The van der Waals surface area contributed by atoms with Gasteiger partial charge in [0.15, 0.2) is 5.43 Å². The van der Waals surface area contributed by atoms with Crippen molar-refractivity contribution >= 4 is 34.5 Å². The Hall–Kier alpha value is -3.60. The van der Waals surface area contributed by atoms with Crippen LogP contribution < -0.4 is 10.7 Å². The number of nitrogens with zero attached hydrogens (tertiary/aromatic N) is 1. The SMILES string of the molecule is CC(=O)OCC1CNCCC1C(=O)O[C@@H]1CN(C)CC[C@@H]1c1c(O)cc(O)c2c(=O)cc(-c3ccccc3Cl)oc12. The molecule has 2 unspecified atom stereocenters. The zero-order valence-corrected chi connectivity index (χ0v) is 23.6. The number of fused-ring (bicyclic) bond motifs is 1. The van der Waals surface area contributed by atoms with E-state index in [1.165, 1.54) is 13.0 Å². The van der Waals surface area contributed by atoms with Crippen molar-refractivity contribution in [2.75, 3.05) is 39.8 Å². The maximum atomic E-state index is 13.5. The highest BCUT2D eigenvalue weighted by Crippen LogP contribution is 2.44. The molecule has 2 saturated heterocycles. The van der Waals surface area contributed by atoms with E-state index in [-0.39, 0.29) is 40.6 Å². The first-order chi connectivity index (χ1) is 19.6. The van der Waals surface area contributed by atoms with E-state index >= 15 is 0 Å². The van der Waals surface area contributed by atoms with Crippen LogP contribution in [0.1, 0.15) is 31.2 Å². The van der Waals surface area contributed by atoms with Crippen LogP contribution in [-0.4, -0.2) is 73.0 Å². The number of nitrogens with one attached hydrogen (secondary N) is 1. The van der Waals surface area contributed by atoms with Gasteiger partial charge in [0.05, 0.1) is 17.5 Å². The second-order valence-corrected chi connectivity index (χ2v) is 11.2. The number of esters is 2. The lowest BCUT2D eigenvalue weighted by molar-refractivity contribution is -0.163. The molecule has 1 aromatic heterocycles. The number of likely N-dealkylation sites (tertiary alicyclic amines) is 1. The van der Waals surface area contributed by atoms with Gasteiger partial charge < -0.3 is 34.3 Å². The zero-order chi connectivity index (χ0) is 29.3. The number of hydrogen-bond acceptors (Lipinski definition) is 10. The summed E-state index contributed by atoms with van der Waals surface area (Å²) in [6.45, 7) is 3.60. The predicted molar refractivity (Wildman–Crippen MR) is 152 cm³/mol. The molecule has 4 atom stereocenters. The minimum absolute atomic E-state index is 0.0233. The standard InChI is InChI=1S/C30H33ClN2O8/c1-16(34)39-15-17-13-32-9-7-18(17)30(38)41-26-14-33(2)10-8-20(26)27-22(35)11-23(36)28-24(37)12-25(40-29(27)28)19-5-3-4-6-21(19)31/h3-6,11-12,17-18,20,26,32,35-36H,7-10,13-15H2,1-2H3/t17?,18?,20-,26+/m0/s1. The van der Waals surface area contributed by atoms with Gasteiger partial charge in [0.2, 0.25) is 0 Å². The Kier molecular flexibility index (Phi) is 8.53. The normalized spacial score (nSPS) is 23.3. The number of carbonyl (C=O) groups is 2. The van der Waals surface area contributed by atoms with E-state index < -0.39 is 41.1 Å². The summed E-state index contributed by atoms with van der Waals surface area (Å²) < 4.78 is 17.5. The van der Waals surface area contributed by atoms with Crippen molar-refractivity contribution < 1.29 is 33.7 Å². The van der Waals surface area contributed by atoms with E-state index in [0.29, 0.717) is 49.6 Å². The predicted octanol–water partition coefficient (Wildman–Crippen LogP) is 3.64. The zero-order valence-electron chi connectivity index (χ0n) is 22.9. The van der Waals surface area contributed by atoms with Crippen LogP contribution >= 0.6 is 11.6 Å². The lowest BCUT2D eigenvalue weighted by Crippen LogP contribution is -2.47. The molecule has 5 rings (SSSR count). The van der Waals surface area contributed by atoms with Gasteiger partial charge in [-0.15, -0.1) is 0 Å². The quantitative estimate of drug-likeness (QED) is 0.368. The molecule has 0 radical (unpaired) electrons. The van der Waals surface area contributed by atoms with Crippen molar-refractivity contribution in [3.63, 3.8) is 0 Å². The van der Waals surface area contributed by atoms with Gasteiger partial charge in [0.1, 0.15) is 34.3 Å². The summed E-state index contributed by atoms with van der Waals surface area (Å²) in [4.78, 5) is 40.2. The van der Waals surface area contributed by atoms with Crippen LogP contribution in [0.4, 0.5) is 0 Å². The number of carbonyl (C=O) groups excluding carboxylic acids is 2. The number of likely N-dealkylation sites (N-methyl/N-ethyl adjacent to an activating group) is 1. The van der Waals surface area contributed by atoms with E-state index in [0.717, 1.165) is 6.07 Å². The number of halogens is 1. The second kappa shape index (κ2) is 12.1. The van der Waals surface area contributed by atoms with Crippen LogP contribution in [0, 0.1) is 11.8 Å². The monoisotopic (exact) mass is 584 g/mol. The first-order valence-corrected chi connectivity index (χ1v) is 14.0. The molecule has 2 aliphatic heterocycles. The third-order valence-corrected chi connectivity index (χ3v) is 8.28. The maximum absolute atomic E-state index is 13.5. The summed E-state index contributed by atoms with van der Waals surface area (Å²) >= 11 is 6.38. The molecule has 0 spiro atoms. The Balaban J connectivity index is 1.54. The van der Waals surface area contributed by atoms with Crippen LogP contribution in [0.25, 0.3) is 22.3 Å². The van der Waals surface area contributed by atoms with Gasteiger partial charge in [0.25, 0.3) is 0 Å². The molecule has 0 amide bonds. The number of piperidine rings is 2. The van der Waals surface area contributed by atoms with E-state index in [4.69, 9.17) is 25.5 Å². The number of phenols is 2. The number of aromatic hydroxyl groups is 2. The molecule has 41 heavy (non-hydrogen) atoms. The molecular weight excluding hydrogens is 552 g/mol. The molecule has 2 aliphatic rings. The third kappa shape index (κ3) is 6.05. The van der Waals surface area contributed by atoms with Gasteiger partial charge in [-0.3, -0.25) is 14.4 Å². The highest BCUT2D eigenvalue weighted by molar-refractivity contribution is 6.33. The second-order valence-electron chi connectivity index (χ2n) is 10.8. The van der Waals surface area contributed by atoms with Crippen molar-refractivity contribution in [2.24, 2.45) is 11.8 Å². The summed E-state index contributed by atoms with van der Waals surface area (Å²) in [7, 11) is 1.91. The van der Waals surface area contributed by atoms with Gasteiger partial charge in [-0.05, 0) is 45.1 Å². The number of benzene rings is 2. The van der Waals surface area contributed by atoms with E-state index in [1.807, 2.05) is 11.9 Å². The van der Waals surface area contributed by atoms with Crippen molar-refractivity contribution in [3.8, 4) is 22.8 Å². The number of rotatable bonds is 6. The van der Waals surface area contributed by atoms with Crippen molar-refractivity contribution in [1.29, 1.82) is 0 Å². The summed E-state index contributed by atoms with van der Waals surface area (Å²) in [5, 5.41) is 25.3. The van der Waals surface area contributed by atoms with Crippen LogP contribution in [0.15, 0.2) is 45.6 Å². The Morgan fingerprint density at radius 3 is 2.71 bits per heavy atom. The highest BCUT2D eigenvalue weighted by atomic mass is 35.5. The lowest BCUT2D eigenvalue weighted by atomic mass is 9.84. The van der Waals surface area contributed by atoms with Crippen LogP contribution in [0.3, 0.4) is 0 Å². The molecule has 11 heteroatoms. The fourth-order valence-electron chi connectivity index (χ4n) is 5.86. The summed E-state index contributed by atoms with van der Waals surface area (Å²) in [5.41, 5.74) is 0.300. The van der Waals surface area contributed by atoms with Gasteiger partial charge in [0, 0.05) is 55.1 Å². The fourth-order valence-corrected chi connectivity index (χ4v) is 6.09. The molecule has 2 fully saturated rings. The minimum atomic E-state index is -0.682. The Labute approximate surface area is 241 Å². The van der Waals surface area contributed by atoms with Crippen LogP contribution in [0.2, 0.25) is 5.02 Å². The smallest absolute Gasteiger partial charge is 0.309 e. The van der Waals surface area contributed by atoms with Crippen molar-refractivity contribution in [3.05, 3.63) is 57.2 Å². The third-order valence-electron chi connectivity index (χ3n) is 7.95. The van der Waals surface area contributed by atoms with Crippen molar-refractivity contribution in [1.82, 2.24) is 10.2 Å². The molecule has 2 aromatic carbocycles. The Morgan fingerprint density at radius 2 is 1.95 bits per heavy atom. The van der Waals surface area contributed by atoms with E-state index in [1.54, 1.807) is 24.3 Å². The van der Waals surface area contributed by atoms with Gasteiger partial charge >= 0.3 is 11.9 Å². The number of phenolic OH excluding ortho intramolecular Hbond substituents is 2. The highest BCUT2D eigenvalue weighted by Gasteiger charge is 2.40. The summed E-state index contributed by atoms with van der Waals surface area (Å²) in [5.74, 6) is -2.55. The first kappa shape index (κ1) is 28.9. The molecule has 10 nitrogen and oxygen atoms in total. The Morgan fingerprint density at radius 1 is 1.17 bits per heavy atom. The first-order valence-electron chi connectivity index (χ1n) is 13.6. The maximum Gasteiger partial charge on any atom is 0.309 e. The van der Waals surface area contributed by atoms with Gasteiger partial charge in [-0.25, -0.2) is 0 Å². The topological polar surface area (TPSA) is 139 Å². The average Bonchev–Trinajstić information content (AvgIpc) is 2.92. The molecule has 0 saturated carbocycles. The van der Waals surface area contributed by atoms with E-state index in [2.05, 4.69) is 5.32 Å². The minimum Gasteiger partial charge on any atom is -0.507 e. The van der Waals surface area contributed by atoms with E-state index in [9.17, 15) is 24.6 Å². The van der Waals surface area contributed by atoms with Crippen molar-refractivity contribution in [2.45, 2.75) is 31.8 Å². The fraction of sp³-hybridized carbons (Fsp3) is 0.433. The summed E-state index contributed by atoms with van der Waals surface area (Å²) in [6.07, 6.45) is 0.338. The number of hydrogen-bond donors (Lipinski definition) is 3. The molecule has 0 bridgehead atoms. The van der Waals surface area contributed by atoms with Crippen LogP contribution in [-0.2, 0) is 19.1 Å². The molecule has 218 valence electrons. The van der Waals surface area contributed by atoms with Crippen LogP contribution in [0.5, 0.6) is 11.5 Å². The van der Waals surface area contributed by atoms with Gasteiger partial charge in [-0.2, -0.15) is 0 Å². The lowest BCUT2D eigenvalue weighted by Gasteiger charge is -2.38. The number of ether oxygens (including phenoxy) is 2. The van der Waals surface area contributed by atoms with Gasteiger partial charge in [-0.1, -0.05) is 23.7 Å². The Bertz CT molecular complexity index is 1520. The molecule has 0 aliphatic carbocycles.